The summed E-state index contributed by atoms with van der Waals surface area (Å²) >= 11 is 6.09. The standard InChI is InChI=1S/C8H15ClO/c1-2-8(9)7-3-5-10-6-4-7/h7-8H,2-6H2,1H3. The Kier molecular flexibility index (Phi) is 3.50. The third-order valence-electron chi connectivity index (χ3n) is 2.17. The van der Waals surface area contributed by atoms with E-state index in [1.54, 1.807) is 0 Å². The molecule has 0 N–H and O–H groups in total. The van der Waals surface area contributed by atoms with E-state index in [2.05, 4.69) is 6.92 Å². The number of halogens is 1. The summed E-state index contributed by atoms with van der Waals surface area (Å²) in [6, 6.07) is 0. The van der Waals surface area contributed by atoms with Crippen LogP contribution in [0.5, 0.6) is 0 Å². The molecule has 1 saturated heterocycles. The van der Waals surface area contributed by atoms with Gasteiger partial charge in [-0.2, -0.15) is 0 Å². The van der Waals surface area contributed by atoms with Gasteiger partial charge in [-0.3, -0.25) is 0 Å². The van der Waals surface area contributed by atoms with Crippen molar-refractivity contribution in [2.75, 3.05) is 13.2 Å². The minimum absolute atomic E-state index is 0.379. The van der Waals surface area contributed by atoms with Crippen molar-refractivity contribution in [3.8, 4) is 0 Å². The number of hydrogen-bond acceptors (Lipinski definition) is 1. The molecular formula is C8H15ClO. The van der Waals surface area contributed by atoms with Crippen LogP contribution < -0.4 is 0 Å². The van der Waals surface area contributed by atoms with E-state index in [9.17, 15) is 0 Å². The third kappa shape index (κ3) is 2.14. The molecule has 0 radical (unpaired) electrons. The maximum absolute atomic E-state index is 6.09. The zero-order valence-electron chi connectivity index (χ0n) is 6.48. The maximum Gasteiger partial charge on any atom is 0.0469 e. The van der Waals surface area contributed by atoms with Crippen LogP contribution in [0, 0.1) is 5.92 Å². The predicted molar refractivity (Wildman–Crippen MR) is 43.5 cm³/mol. The molecule has 0 saturated carbocycles. The molecule has 1 fully saturated rings. The van der Waals surface area contributed by atoms with Crippen LogP contribution in [0.15, 0.2) is 0 Å². The first-order valence-electron chi connectivity index (χ1n) is 4.06. The first-order valence-corrected chi connectivity index (χ1v) is 4.50. The molecule has 1 aliphatic heterocycles. The van der Waals surface area contributed by atoms with E-state index in [4.69, 9.17) is 16.3 Å². The van der Waals surface area contributed by atoms with Gasteiger partial charge in [-0.1, -0.05) is 6.92 Å². The van der Waals surface area contributed by atoms with E-state index < -0.39 is 0 Å². The van der Waals surface area contributed by atoms with Gasteiger partial charge < -0.3 is 4.74 Å². The normalized spacial score (nSPS) is 24.6. The monoisotopic (exact) mass is 162 g/mol. The molecule has 0 aromatic rings. The zero-order valence-corrected chi connectivity index (χ0v) is 7.23. The average Bonchev–Trinajstić information content (AvgIpc) is 2.05. The Labute approximate surface area is 67.7 Å². The van der Waals surface area contributed by atoms with Crippen LogP contribution in [-0.4, -0.2) is 18.6 Å². The highest BCUT2D eigenvalue weighted by Gasteiger charge is 2.20. The van der Waals surface area contributed by atoms with Crippen molar-refractivity contribution < 1.29 is 4.74 Å². The summed E-state index contributed by atoms with van der Waals surface area (Å²) in [5, 5.41) is 0.379. The molecule has 1 nitrogen and oxygen atoms in total. The largest absolute Gasteiger partial charge is 0.381 e. The minimum atomic E-state index is 0.379. The summed E-state index contributed by atoms with van der Waals surface area (Å²) in [5.74, 6) is 0.709. The van der Waals surface area contributed by atoms with Crippen molar-refractivity contribution in [3.63, 3.8) is 0 Å². The zero-order chi connectivity index (χ0) is 7.40. The highest BCUT2D eigenvalue weighted by atomic mass is 35.5. The van der Waals surface area contributed by atoms with Crippen LogP contribution in [-0.2, 0) is 4.74 Å². The third-order valence-corrected chi connectivity index (χ3v) is 2.83. The van der Waals surface area contributed by atoms with E-state index >= 15 is 0 Å². The Morgan fingerprint density at radius 1 is 1.50 bits per heavy atom. The Hall–Kier alpha value is 0.250. The lowest BCUT2D eigenvalue weighted by Gasteiger charge is -2.25. The number of rotatable bonds is 2. The lowest BCUT2D eigenvalue weighted by Crippen LogP contribution is -2.23. The first-order chi connectivity index (χ1) is 4.84. The highest BCUT2D eigenvalue weighted by Crippen LogP contribution is 2.24. The van der Waals surface area contributed by atoms with Crippen LogP contribution >= 0.6 is 11.6 Å². The molecule has 1 unspecified atom stereocenters. The molecule has 0 spiro atoms. The smallest absolute Gasteiger partial charge is 0.0469 e. The van der Waals surface area contributed by atoms with E-state index in [0.29, 0.717) is 11.3 Å². The SMILES string of the molecule is CCC(Cl)C1CCOCC1. The summed E-state index contributed by atoms with van der Waals surface area (Å²) in [6.07, 6.45) is 3.40. The second-order valence-corrected chi connectivity index (χ2v) is 3.43. The summed E-state index contributed by atoms with van der Waals surface area (Å²) in [5.41, 5.74) is 0. The lowest BCUT2D eigenvalue weighted by atomic mass is 9.95. The number of hydrogen-bond donors (Lipinski definition) is 0. The molecular weight excluding hydrogens is 148 g/mol. The molecule has 1 aliphatic rings. The Morgan fingerprint density at radius 3 is 2.60 bits per heavy atom. The van der Waals surface area contributed by atoms with Crippen molar-refractivity contribution in [2.24, 2.45) is 5.92 Å². The number of alkyl halides is 1. The Morgan fingerprint density at radius 2 is 2.10 bits per heavy atom. The maximum atomic E-state index is 6.09. The molecule has 2 heteroatoms. The molecule has 1 rings (SSSR count). The summed E-state index contributed by atoms with van der Waals surface area (Å²) < 4.78 is 5.24. The molecule has 0 aromatic heterocycles. The molecule has 0 aliphatic carbocycles. The van der Waals surface area contributed by atoms with Gasteiger partial charge in [0, 0.05) is 18.6 Å². The summed E-state index contributed by atoms with van der Waals surface area (Å²) in [7, 11) is 0. The van der Waals surface area contributed by atoms with E-state index in [0.717, 1.165) is 32.5 Å². The van der Waals surface area contributed by atoms with Crippen LogP contribution in [0.3, 0.4) is 0 Å². The van der Waals surface area contributed by atoms with Gasteiger partial charge in [-0.15, -0.1) is 11.6 Å². The van der Waals surface area contributed by atoms with Gasteiger partial charge in [-0.25, -0.2) is 0 Å². The van der Waals surface area contributed by atoms with Crippen molar-refractivity contribution in [2.45, 2.75) is 31.6 Å². The fourth-order valence-electron chi connectivity index (χ4n) is 1.41. The van der Waals surface area contributed by atoms with Crippen molar-refractivity contribution in [1.29, 1.82) is 0 Å². The van der Waals surface area contributed by atoms with Crippen molar-refractivity contribution in [3.05, 3.63) is 0 Å². The second-order valence-electron chi connectivity index (χ2n) is 2.87. The van der Waals surface area contributed by atoms with Gasteiger partial charge in [-0.05, 0) is 25.2 Å². The predicted octanol–water partition coefficient (Wildman–Crippen LogP) is 2.43. The minimum Gasteiger partial charge on any atom is -0.381 e. The van der Waals surface area contributed by atoms with Gasteiger partial charge >= 0.3 is 0 Å². The van der Waals surface area contributed by atoms with Crippen LogP contribution in [0.2, 0.25) is 0 Å². The van der Waals surface area contributed by atoms with Gasteiger partial charge in [0.2, 0.25) is 0 Å². The molecule has 0 bridgehead atoms. The quantitative estimate of drug-likeness (QED) is 0.567. The average molecular weight is 163 g/mol. The molecule has 0 amide bonds. The molecule has 1 heterocycles. The van der Waals surface area contributed by atoms with Gasteiger partial charge in [0.15, 0.2) is 0 Å². The van der Waals surface area contributed by atoms with Crippen molar-refractivity contribution >= 4 is 11.6 Å². The van der Waals surface area contributed by atoms with Gasteiger partial charge in [0.25, 0.3) is 0 Å². The molecule has 60 valence electrons. The Balaban J connectivity index is 2.24. The van der Waals surface area contributed by atoms with Gasteiger partial charge in [0.05, 0.1) is 0 Å². The molecule has 0 aromatic carbocycles. The summed E-state index contributed by atoms with van der Waals surface area (Å²) in [6.45, 7) is 3.97. The lowest BCUT2D eigenvalue weighted by molar-refractivity contribution is 0.0648. The fourth-order valence-corrected chi connectivity index (χ4v) is 1.66. The highest BCUT2D eigenvalue weighted by molar-refractivity contribution is 6.20. The van der Waals surface area contributed by atoms with Crippen LogP contribution in [0.1, 0.15) is 26.2 Å². The number of ether oxygens (including phenoxy) is 1. The van der Waals surface area contributed by atoms with Crippen molar-refractivity contribution in [1.82, 2.24) is 0 Å². The summed E-state index contributed by atoms with van der Waals surface area (Å²) in [4.78, 5) is 0. The van der Waals surface area contributed by atoms with E-state index in [1.807, 2.05) is 0 Å². The van der Waals surface area contributed by atoms with E-state index in [-0.39, 0.29) is 0 Å². The Bertz CT molecular complexity index is 89.3. The molecule has 1 atom stereocenters. The molecule has 10 heavy (non-hydrogen) atoms. The topological polar surface area (TPSA) is 9.23 Å². The first kappa shape index (κ1) is 8.35. The van der Waals surface area contributed by atoms with Crippen LogP contribution in [0.4, 0.5) is 0 Å². The van der Waals surface area contributed by atoms with Gasteiger partial charge in [0.1, 0.15) is 0 Å². The van der Waals surface area contributed by atoms with E-state index in [1.165, 1.54) is 0 Å². The van der Waals surface area contributed by atoms with Crippen LogP contribution in [0.25, 0.3) is 0 Å². The second kappa shape index (κ2) is 4.20. The fraction of sp³-hybridized carbons (Fsp3) is 1.00.